The summed E-state index contributed by atoms with van der Waals surface area (Å²) in [6.45, 7) is 1.89. The van der Waals surface area contributed by atoms with Crippen molar-refractivity contribution in [2.45, 2.75) is 51.6 Å². The fraction of sp³-hybridized carbons (Fsp3) is 0.550. The van der Waals surface area contributed by atoms with E-state index in [1.807, 2.05) is 29.2 Å². The van der Waals surface area contributed by atoms with Gasteiger partial charge in [0.05, 0.1) is 0 Å². The van der Waals surface area contributed by atoms with Crippen LogP contribution >= 0.6 is 0 Å². The molecular weight excluding hydrogens is 316 g/mol. The van der Waals surface area contributed by atoms with Crippen LogP contribution in [0.5, 0.6) is 0 Å². The number of nitrogens with one attached hydrogen (secondary N) is 1. The molecule has 132 valence electrons. The number of hydrogen-bond acceptors (Lipinski definition) is 3. The Morgan fingerprint density at radius 1 is 1.20 bits per heavy atom. The Bertz CT molecular complexity index is 719. The zero-order valence-electron chi connectivity index (χ0n) is 14.4. The molecule has 25 heavy (non-hydrogen) atoms. The number of likely N-dealkylation sites (tertiary alicyclic amines) is 1. The van der Waals surface area contributed by atoms with Crippen LogP contribution in [0.1, 0.15) is 49.7 Å². The fourth-order valence-electron chi connectivity index (χ4n) is 3.73. The van der Waals surface area contributed by atoms with Gasteiger partial charge in [0.1, 0.15) is 5.41 Å². The summed E-state index contributed by atoms with van der Waals surface area (Å²) in [7, 11) is 0. The third kappa shape index (κ3) is 3.32. The fourth-order valence-corrected chi connectivity index (χ4v) is 3.73. The van der Waals surface area contributed by atoms with Crippen molar-refractivity contribution >= 4 is 17.6 Å². The molecule has 0 aromatic heterocycles. The lowest BCUT2D eigenvalue weighted by Crippen LogP contribution is -2.37. The predicted octanol–water partition coefficient (Wildman–Crippen LogP) is 2.18. The molecule has 2 saturated carbocycles. The minimum absolute atomic E-state index is 0.107. The molecule has 3 fully saturated rings. The van der Waals surface area contributed by atoms with Crippen LogP contribution in [0.25, 0.3) is 0 Å². The Morgan fingerprint density at radius 2 is 1.96 bits per heavy atom. The van der Waals surface area contributed by atoms with Crippen molar-refractivity contribution in [1.82, 2.24) is 10.2 Å². The topological polar surface area (TPSA) is 66.5 Å². The first-order valence-corrected chi connectivity index (χ1v) is 9.27. The Morgan fingerprint density at radius 3 is 2.60 bits per heavy atom. The quantitative estimate of drug-likeness (QED) is 0.774. The predicted molar refractivity (Wildman–Crippen MR) is 92.3 cm³/mol. The maximum atomic E-state index is 12.5. The largest absolute Gasteiger partial charge is 0.351 e. The van der Waals surface area contributed by atoms with Crippen LogP contribution < -0.4 is 5.32 Å². The Hall–Kier alpha value is -2.17. The normalized spacial score (nSPS) is 21.3. The highest BCUT2D eigenvalue weighted by Crippen LogP contribution is 2.52. The highest BCUT2D eigenvalue weighted by Gasteiger charge is 2.59. The van der Waals surface area contributed by atoms with Crippen molar-refractivity contribution in [2.24, 2.45) is 11.3 Å². The number of ketones is 1. The van der Waals surface area contributed by atoms with Crippen molar-refractivity contribution in [2.75, 3.05) is 6.54 Å². The highest BCUT2D eigenvalue weighted by atomic mass is 16.2. The molecule has 4 rings (SSSR count). The van der Waals surface area contributed by atoms with Gasteiger partial charge in [0, 0.05) is 32.0 Å². The molecule has 0 bridgehead atoms. The second-order valence-corrected chi connectivity index (χ2v) is 7.64. The molecule has 0 unspecified atom stereocenters. The standard InChI is InChI=1S/C20H24N2O3/c23-17-5-2-10-22(17)13-15-4-1-3-14(11-15)12-21-19(25)20(8-9-20)18(24)16-6-7-16/h1,3-4,11,16H,2,5-10,12-13H2,(H,21,25). The molecule has 2 amide bonds. The summed E-state index contributed by atoms with van der Waals surface area (Å²) in [6.07, 6.45) is 4.88. The zero-order valence-corrected chi connectivity index (χ0v) is 14.4. The molecule has 0 radical (unpaired) electrons. The van der Waals surface area contributed by atoms with Crippen LogP contribution in [0, 0.1) is 11.3 Å². The van der Waals surface area contributed by atoms with E-state index in [0.717, 1.165) is 36.9 Å². The summed E-state index contributed by atoms with van der Waals surface area (Å²) in [4.78, 5) is 38.5. The summed E-state index contributed by atoms with van der Waals surface area (Å²) in [5.41, 5.74) is 1.37. The van der Waals surface area contributed by atoms with E-state index in [1.54, 1.807) is 0 Å². The summed E-state index contributed by atoms with van der Waals surface area (Å²) < 4.78 is 0. The molecule has 2 aliphatic carbocycles. The average Bonchev–Trinajstić information content (AvgIpc) is 3.53. The van der Waals surface area contributed by atoms with Crippen LogP contribution in [0.4, 0.5) is 0 Å². The third-order valence-electron chi connectivity index (χ3n) is 5.59. The monoisotopic (exact) mass is 340 g/mol. The van der Waals surface area contributed by atoms with E-state index in [9.17, 15) is 14.4 Å². The second kappa shape index (κ2) is 6.28. The van der Waals surface area contributed by atoms with E-state index >= 15 is 0 Å². The van der Waals surface area contributed by atoms with Crippen molar-refractivity contribution in [1.29, 1.82) is 0 Å². The molecule has 0 atom stereocenters. The molecule has 5 nitrogen and oxygen atoms in total. The Labute approximate surface area is 147 Å². The van der Waals surface area contributed by atoms with Gasteiger partial charge in [-0.1, -0.05) is 24.3 Å². The van der Waals surface area contributed by atoms with Crippen molar-refractivity contribution in [3.8, 4) is 0 Å². The van der Waals surface area contributed by atoms with Crippen molar-refractivity contribution in [3.63, 3.8) is 0 Å². The lowest BCUT2D eigenvalue weighted by molar-refractivity contribution is -0.136. The van der Waals surface area contributed by atoms with Gasteiger partial charge in [-0.25, -0.2) is 0 Å². The number of benzene rings is 1. The van der Waals surface area contributed by atoms with Crippen LogP contribution in [-0.4, -0.2) is 29.0 Å². The van der Waals surface area contributed by atoms with Gasteiger partial charge in [0.2, 0.25) is 11.8 Å². The minimum atomic E-state index is -0.721. The smallest absolute Gasteiger partial charge is 0.233 e. The van der Waals surface area contributed by atoms with E-state index in [4.69, 9.17) is 0 Å². The van der Waals surface area contributed by atoms with Gasteiger partial charge >= 0.3 is 0 Å². The van der Waals surface area contributed by atoms with Crippen molar-refractivity contribution < 1.29 is 14.4 Å². The maximum Gasteiger partial charge on any atom is 0.233 e. The van der Waals surface area contributed by atoms with Gasteiger partial charge in [0.15, 0.2) is 5.78 Å². The van der Waals surface area contributed by atoms with Crippen LogP contribution in [0.2, 0.25) is 0 Å². The lowest BCUT2D eigenvalue weighted by Gasteiger charge is -2.17. The molecule has 5 heteroatoms. The molecule has 1 aromatic rings. The average molecular weight is 340 g/mol. The van der Waals surface area contributed by atoms with Crippen molar-refractivity contribution in [3.05, 3.63) is 35.4 Å². The van der Waals surface area contributed by atoms with Crippen LogP contribution in [0.3, 0.4) is 0 Å². The SMILES string of the molecule is O=C1CCCN1Cc1cccc(CNC(=O)C2(C(=O)C3CC3)CC2)c1. The molecule has 1 aromatic carbocycles. The van der Waals surface area contributed by atoms with Gasteiger partial charge in [-0.2, -0.15) is 0 Å². The maximum absolute atomic E-state index is 12.5. The molecule has 1 N–H and O–H groups in total. The zero-order chi connectivity index (χ0) is 17.4. The Kier molecular flexibility index (Phi) is 4.10. The van der Waals surface area contributed by atoms with E-state index in [2.05, 4.69) is 5.32 Å². The second-order valence-electron chi connectivity index (χ2n) is 7.64. The molecular formula is C20H24N2O3. The number of amides is 2. The van der Waals surface area contributed by atoms with E-state index in [0.29, 0.717) is 32.4 Å². The molecule has 1 aliphatic heterocycles. The molecule has 1 saturated heterocycles. The summed E-state index contributed by atoms with van der Waals surface area (Å²) in [5.74, 6) is 0.401. The Balaban J connectivity index is 1.35. The van der Waals surface area contributed by atoms with E-state index in [1.165, 1.54) is 0 Å². The number of rotatable bonds is 7. The first-order chi connectivity index (χ1) is 12.1. The summed E-state index contributed by atoms with van der Waals surface area (Å²) in [6, 6.07) is 7.97. The first kappa shape index (κ1) is 16.3. The van der Waals surface area contributed by atoms with Crippen LogP contribution in [-0.2, 0) is 27.5 Å². The van der Waals surface area contributed by atoms with Gasteiger partial charge < -0.3 is 10.2 Å². The van der Waals surface area contributed by atoms with E-state index < -0.39 is 5.41 Å². The number of hydrogen-bond donors (Lipinski definition) is 1. The van der Waals surface area contributed by atoms with Crippen LogP contribution in [0.15, 0.2) is 24.3 Å². The van der Waals surface area contributed by atoms with Gasteiger partial charge in [-0.05, 0) is 43.2 Å². The first-order valence-electron chi connectivity index (χ1n) is 9.27. The van der Waals surface area contributed by atoms with Gasteiger partial charge in [-0.15, -0.1) is 0 Å². The van der Waals surface area contributed by atoms with Gasteiger partial charge in [0.25, 0.3) is 0 Å². The minimum Gasteiger partial charge on any atom is -0.351 e. The van der Waals surface area contributed by atoms with Gasteiger partial charge in [-0.3, -0.25) is 14.4 Å². The summed E-state index contributed by atoms with van der Waals surface area (Å²) >= 11 is 0. The number of carbonyl (C=O) groups excluding carboxylic acids is 3. The lowest BCUT2D eigenvalue weighted by atomic mass is 9.96. The molecule has 0 spiro atoms. The third-order valence-corrected chi connectivity index (χ3v) is 5.59. The highest BCUT2D eigenvalue weighted by molar-refractivity contribution is 6.10. The number of nitrogens with zero attached hydrogens (tertiary/aromatic N) is 1. The molecule has 3 aliphatic rings. The summed E-state index contributed by atoms with van der Waals surface area (Å²) in [5, 5.41) is 2.95. The number of Topliss-reactive ketones (excluding diaryl/α,β-unsaturated/α-hetero) is 1. The molecule has 1 heterocycles. The van der Waals surface area contributed by atoms with E-state index in [-0.39, 0.29) is 23.5 Å². The number of carbonyl (C=O) groups is 3.